The van der Waals surface area contributed by atoms with Gasteiger partial charge in [-0.2, -0.15) is 0 Å². The Morgan fingerprint density at radius 2 is 2.31 bits per heavy atom. The molecule has 1 aliphatic rings. The van der Waals surface area contributed by atoms with Crippen molar-refractivity contribution in [1.29, 1.82) is 0 Å². The highest BCUT2D eigenvalue weighted by molar-refractivity contribution is 5.13. The summed E-state index contributed by atoms with van der Waals surface area (Å²) in [5.74, 6) is 0.272. The van der Waals surface area contributed by atoms with E-state index in [1.165, 1.54) is 0 Å². The minimum absolute atomic E-state index is 0.219. The first-order chi connectivity index (χ1) is 6.27. The average molecular weight is 179 g/mol. The van der Waals surface area contributed by atoms with E-state index in [-0.39, 0.29) is 12.5 Å². The van der Waals surface area contributed by atoms with Gasteiger partial charge in [-0.1, -0.05) is 0 Å². The summed E-state index contributed by atoms with van der Waals surface area (Å²) in [6.45, 7) is 0.219. The highest BCUT2D eigenvalue weighted by Gasteiger charge is 2.45. The van der Waals surface area contributed by atoms with Crippen molar-refractivity contribution in [3.05, 3.63) is 24.3 Å². The predicted octanol–water partition coefficient (Wildman–Crippen LogP) is 0.0329. The molecule has 1 unspecified atom stereocenters. The number of nitrogens with two attached hydrogens (primary N) is 1. The van der Waals surface area contributed by atoms with Crippen LogP contribution in [-0.2, 0) is 5.60 Å². The molecule has 1 aromatic rings. The molecule has 0 spiro atoms. The van der Waals surface area contributed by atoms with Crippen LogP contribution in [0.3, 0.4) is 0 Å². The van der Waals surface area contributed by atoms with E-state index in [4.69, 9.17) is 5.73 Å². The summed E-state index contributed by atoms with van der Waals surface area (Å²) >= 11 is 0. The van der Waals surface area contributed by atoms with Gasteiger partial charge in [-0.3, -0.25) is 9.97 Å². The van der Waals surface area contributed by atoms with Gasteiger partial charge in [0.25, 0.3) is 0 Å². The molecule has 13 heavy (non-hydrogen) atoms. The quantitative estimate of drug-likeness (QED) is 0.686. The average Bonchev–Trinajstić information content (AvgIpc) is 3.02. The van der Waals surface area contributed by atoms with Crippen molar-refractivity contribution in [2.45, 2.75) is 18.4 Å². The Labute approximate surface area is 76.8 Å². The Hall–Kier alpha value is -1.00. The van der Waals surface area contributed by atoms with Crippen molar-refractivity contribution >= 4 is 0 Å². The molecular weight excluding hydrogens is 166 g/mol. The van der Waals surface area contributed by atoms with E-state index >= 15 is 0 Å². The lowest BCUT2D eigenvalue weighted by atomic mass is 9.94. The van der Waals surface area contributed by atoms with Gasteiger partial charge < -0.3 is 10.8 Å². The van der Waals surface area contributed by atoms with Crippen LogP contribution in [0.5, 0.6) is 0 Å². The summed E-state index contributed by atoms with van der Waals surface area (Å²) in [6, 6.07) is 0. The molecule has 1 fully saturated rings. The molecule has 1 heterocycles. The maximum absolute atomic E-state index is 10.2. The summed E-state index contributed by atoms with van der Waals surface area (Å²) in [5, 5.41) is 10.2. The van der Waals surface area contributed by atoms with Crippen molar-refractivity contribution in [3.63, 3.8) is 0 Å². The second kappa shape index (κ2) is 3.05. The van der Waals surface area contributed by atoms with Crippen LogP contribution in [0.4, 0.5) is 0 Å². The van der Waals surface area contributed by atoms with Gasteiger partial charge in [-0.05, 0) is 18.8 Å². The molecule has 0 saturated heterocycles. The third-order valence-electron chi connectivity index (χ3n) is 2.57. The highest BCUT2D eigenvalue weighted by Crippen LogP contribution is 2.44. The molecule has 4 heteroatoms. The van der Waals surface area contributed by atoms with Gasteiger partial charge in [0.2, 0.25) is 0 Å². The zero-order chi connectivity index (χ0) is 9.31. The Balaban J connectivity index is 2.30. The summed E-state index contributed by atoms with van der Waals surface area (Å²) in [6.07, 6.45) is 6.82. The molecule has 1 atom stereocenters. The molecule has 2 rings (SSSR count). The fourth-order valence-electron chi connectivity index (χ4n) is 1.56. The third kappa shape index (κ3) is 1.43. The predicted molar refractivity (Wildman–Crippen MR) is 47.7 cm³/mol. The fraction of sp³-hybridized carbons (Fsp3) is 0.556. The normalized spacial score (nSPS) is 21.1. The van der Waals surface area contributed by atoms with Crippen LogP contribution in [0.25, 0.3) is 0 Å². The molecule has 0 aromatic carbocycles. The lowest BCUT2D eigenvalue weighted by Crippen LogP contribution is -2.38. The van der Waals surface area contributed by atoms with E-state index in [9.17, 15) is 5.11 Å². The molecule has 3 N–H and O–H groups in total. The van der Waals surface area contributed by atoms with Crippen molar-refractivity contribution in [2.24, 2.45) is 11.7 Å². The third-order valence-corrected chi connectivity index (χ3v) is 2.57. The van der Waals surface area contributed by atoms with E-state index in [1.807, 2.05) is 0 Å². The van der Waals surface area contributed by atoms with Crippen LogP contribution < -0.4 is 5.73 Å². The standard InChI is InChI=1S/C9H13N3O/c10-6-9(13,7-1-2-7)8-5-11-3-4-12-8/h3-5,7,13H,1-2,6,10H2. The van der Waals surface area contributed by atoms with Crippen molar-refractivity contribution in [3.8, 4) is 0 Å². The molecule has 1 aliphatic carbocycles. The fourth-order valence-corrected chi connectivity index (χ4v) is 1.56. The molecular formula is C9H13N3O. The first-order valence-electron chi connectivity index (χ1n) is 4.46. The minimum Gasteiger partial charge on any atom is -0.382 e. The lowest BCUT2D eigenvalue weighted by Gasteiger charge is -2.24. The van der Waals surface area contributed by atoms with E-state index in [0.29, 0.717) is 5.69 Å². The number of hydrogen-bond donors (Lipinski definition) is 2. The van der Waals surface area contributed by atoms with Crippen LogP contribution in [0.2, 0.25) is 0 Å². The highest BCUT2D eigenvalue weighted by atomic mass is 16.3. The molecule has 70 valence electrons. The summed E-state index contributed by atoms with van der Waals surface area (Å²) in [5.41, 5.74) is 5.21. The number of aliphatic hydroxyl groups is 1. The SMILES string of the molecule is NCC(O)(c1cnccn1)C1CC1. The number of aromatic nitrogens is 2. The number of nitrogens with zero attached hydrogens (tertiary/aromatic N) is 2. The summed E-state index contributed by atoms with van der Waals surface area (Å²) in [7, 11) is 0. The van der Waals surface area contributed by atoms with E-state index < -0.39 is 5.60 Å². The second-order valence-electron chi connectivity index (χ2n) is 3.49. The van der Waals surface area contributed by atoms with E-state index in [1.54, 1.807) is 18.6 Å². The monoisotopic (exact) mass is 179 g/mol. The van der Waals surface area contributed by atoms with Gasteiger partial charge in [-0.15, -0.1) is 0 Å². The molecule has 1 saturated carbocycles. The Kier molecular flexibility index (Phi) is 2.01. The van der Waals surface area contributed by atoms with E-state index in [2.05, 4.69) is 9.97 Å². The largest absolute Gasteiger partial charge is 0.382 e. The number of hydrogen-bond acceptors (Lipinski definition) is 4. The van der Waals surface area contributed by atoms with Crippen molar-refractivity contribution in [1.82, 2.24) is 9.97 Å². The van der Waals surface area contributed by atoms with Crippen LogP contribution in [-0.4, -0.2) is 21.6 Å². The Bertz CT molecular complexity index is 286. The molecule has 4 nitrogen and oxygen atoms in total. The number of rotatable bonds is 3. The molecule has 1 aromatic heterocycles. The van der Waals surface area contributed by atoms with Gasteiger partial charge in [0.05, 0.1) is 11.9 Å². The smallest absolute Gasteiger partial charge is 0.123 e. The molecule has 0 bridgehead atoms. The summed E-state index contributed by atoms with van der Waals surface area (Å²) in [4.78, 5) is 8.02. The summed E-state index contributed by atoms with van der Waals surface area (Å²) < 4.78 is 0. The maximum Gasteiger partial charge on any atom is 0.123 e. The van der Waals surface area contributed by atoms with Crippen LogP contribution in [0.15, 0.2) is 18.6 Å². The topological polar surface area (TPSA) is 72.0 Å². The lowest BCUT2D eigenvalue weighted by molar-refractivity contribution is 0.0175. The molecule has 0 radical (unpaired) electrons. The molecule has 0 amide bonds. The minimum atomic E-state index is -0.950. The Morgan fingerprint density at radius 1 is 1.54 bits per heavy atom. The van der Waals surface area contributed by atoms with Gasteiger partial charge >= 0.3 is 0 Å². The van der Waals surface area contributed by atoms with Gasteiger partial charge in [0.15, 0.2) is 0 Å². The van der Waals surface area contributed by atoms with E-state index in [0.717, 1.165) is 12.8 Å². The first-order valence-corrected chi connectivity index (χ1v) is 4.46. The van der Waals surface area contributed by atoms with Crippen LogP contribution in [0, 0.1) is 5.92 Å². The van der Waals surface area contributed by atoms with Crippen molar-refractivity contribution < 1.29 is 5.11 Å². The zero-order valence-corrected chi connectivity index (χ0v) is 7.35. The second-order valence-corrected chi connectivity index (χ2v) is 3.49. The van der Waals surface area contributed by atoms with Crippen LogP contribution >= 0.6 is 0 Å². The zero-order valence-electron chi connectivity index (χ0n) is 7.35. The van der Waals surface area contributed by atoms with Gasteiger partial charge in [-0.25, -0.2) is 0 Å². The maximum atomic E-state index is 10.2. The van der Waals surface area contributed by atoms with Gasteiger partial charge in [0.1, 0.15) is 5.60 Å². The Morgan fingerprint density at radius 3 is 2.77 bits per heavy atom. The van der Waals surface area contributed by atoms with Crippen LogP contribution in [0.1, 0.15) is 18.5 Å². The van der Waals surface area contributed by atoms with Gasteiger partial charge in [0, 0.05) is 18.9 Å². The molecule has 0 aliphatic heterocycles. The van der Waals surface area contributed by atoms with Crippen molar-refractivity contribution in [2.75, 3.05) is 6.54 Å². The first kappa shape index (κ1) is 8.59.